The number of hydrogen-bond donors (Lipinski definition) is 2. The molecule has 0 aromatic heterocycles. The van der Waals surface area contributed by atoms with Crippen molar-refractivity contribution in [2.24, 2.45) is 0 Å². The Morgan fingerprint density at radius 3 is 2.74 bits per heavy atom. The molecule has 1 aromatic rings. The molecule has 1 aliphatic rings. The number of thiocarbonyl (C=S) groups is 1. The van der Waals surface area contributed by atoms with E-state index in [2.05, 4.69) is 37.2 Å². The van der Waals surface area contributed by atoms with Crippen LogP contribution < -0.4 is 10.1 Å². The molecule has 1 aromatic carbocycles. The number of aromatic hydroxyl groups is 1. The number of carbonyl (C=O) groups is 1. The molecule has 0 aliphatic carbocycles. The van der Waals surface area contributed by atoms with Crippen LogP contribution in [0.5, 0.6) is 11.5 Å². The fraction of sp³-hybridized carbons (Fsp3) is 0.0909. The lowest BCUT2D eigenvalue weighted by Gasteiger charge is -2.10. The maximum atomic E-state index is 11.6. The van der Waals surface area contributed by atoms with Gasteiger partial charge in [-0.25, -0.2) is 0 Å². The van der Waals surface area contributed by atoms with Gasteiger partial charge in [-0.15, -0.1) is 0 Å². The molecule has 2 N–H and O–H groups in total. The number of phenols is 1. The normalized spacial score (nSPS) is 16.9. The Labute approximate surface area is 135 Å². The molecule has 0 bridgehead atoms. The van der Waals surface area contributed by atoms with E-state index in [0.717, 1.165) is 11.8 Å². The van der Waals surface area contributed by atoms with E-state index in [-0.39, 0.29) is 11.7 Å². The third-order valence-corrected chi connectivity index (χ3v) is 5.50. The van der Waals surface area contributed by atoms with Gasteiger partial charge in [0.15, 0.2) is 11.5 Å². The van der Waals surface area contributed by atoms with Crippen molar-refractivity contribution in [3.05, 3.63) is 25.5 Å². The molecule has 0 unspecified atom stereocenters. The second kappa shape index (κ2) is 5.82. The van der Waals surface area contributed by atoms with Gasteiger partial charge in [0.25, 0.3) is 5.91 Å². The minimum Gasteiger partial charge on any atom is -0.504 e. The van der Waals surface area contributed by atoms with E-state index in [1.54, 1.807) is 12.1 Å². The maximum Gasteiger partial charge on any atom is 0.263 e. The Bertz CT molecular complexity index is 616. The molecule has 1 saturated heterocycles. The van der Waals surface area contributed by atoms with Gasteiger partial charge in [-0.2, -0.15) is 0 Å². The molecule has 1 heterocycles. The van der Waals surface area contributed by atoms with Crippen LogP contribution >= 0.6 is 55.8 Å². The summed E-state index contributed by atoms with van der Waals surface area (Å²) in [6.07, 6.45) is 1.56. The predicted molar refractivity (Wildman–Crippen MR) is 86.4 cm³/mol. The van der Waals surface area contributed by atoms with Crippen LogP contribution in [0.4, 0.5) is 0 Å². The number of hydrogen-bond acceptors (Lipinski definition) is 5. The summed E-state index contributed by atoms with van der Waals surface area (Å²) < 4.78 is 6.81. The van der Waals surface area contributed by atoms with Gasteiger partial charge in [0, 0.05) is 14.5 Å². The lowest BCUT2D eigenvalue weighted by molar-refractivity contribution is -0.115. The summed E-state index contributed by atoms with van der Waals surface area (Å²) in [6, 6.07) is 1.63. The van der Waals surface area contributed by atoms with Crippen LogP contribution in [-0.4, -0.2) is 22.4 Å². The summed E-state index contributed by atoms with van der Waals surface area (Å²) in [5.74, 6) is -0.00978. The van der Waals surface area contributed by atoms with Crippen molar-refractivity contribution in [2.75, 3.05) is 7.11 Å². The van der Waals surface area contributed by atoms with Crippen molar-refractivity contribution in [3.8, 4) is 11.5 Å². The van der Waals surface area contributed by atoms with Crippen molar-refractivity contribution in [1.29, 1.82) is 0 Å². The molecule has 1 fully saturated rings. The van der Waals surface area contributed by atoms with Crippen LogP contribution in [0.25, 0.3) is 6.08 Å². The second-order valence-corrected chi connectivity index (χ2v) is 6.86. The van der Waals surface area contributed by atoms with Crippen LogP contribution in [-0.2, 0) is 4.79 Å². The van der Waals surface area contributed by atoms with Crippen LogP contribution in [0, 0.1) is 0 Å². The minimum atomic E-state index is -0.278. The zero-order valence-electron chi connectivity index (χ0n) is 9.49. The van der Waals surface area contributed by atoms with E-state index in [9.17, 15) is 9.90 Å². The largest absolute Gasteiger partial charge is 0.504 e. The number of phenolic OH excluding ortho intramolecular Hbond substituents is 1. The number of benzene rings is 1. The van der Waals surface area contributed by atoms with Crippen molar-refractivity contribution in [2.45, 2.75) is 0 Å². The van der Waals surface area contributed by atoms with Gasteiger partial charge in [0.05, 0.1) is 12.0 Å². The number of carbonyl (C=O) groups excluding carboxylic acids is 1. The number of rotatable bonds is 2. The Hall–Kier alpha value is -0.570. The molecule has 1 amide bonds. The summed E-state index contributed by atoms with van der Waals surface area (Å²) in [5, 5.41) is 12.6. The summed E-state index contributed by atoms with van der Waals surface area (Å²) in [6.45, 7) is 0. The first-order valence-corrected chi connectivity index (χ1v) is 7.75. The molecule has 4 nitrogen and oxygen atoms in total. The number of nitrogens with one attached hydrogen (secondary N) is 1. The molecule has 0 atom stereocenters. The Kier molecular flexibility index (Phi) is 4.54. The number of ether oxygens (including phenoxy) is 1. The highest BCUT2D eigenvalue weighted by molar-refractivity contribution is 9.13. The van der Waals surface area contributed by atoms with E-state index in [0.29, 0.717) is 29.5 Å². The second-order valence-electron chi connectivity index (χ2n) is 3.49. The average Bonchev–Trinajstić information content (AvgIpc) is 2.68. The van der Waals surface area contributed by atoms with Crippen LogP contribution in [0.1, 0.15) is 5.56 Å². The van der Waals surface area contributed by atoms with E-state index < -0.39 is 0 Å². The predicted octanol–water partition coefficient (Wildman–Crippen LogP) is 3.41. The molecule has 0 radical (unpaired) electrons. The summed E-state index contributed by atoms with van der Waals surface area (Å²) in [7, 11) is 1.46. The number of methoxy groups -OCH3 is 1. The smallest absolute Gasteiger partial charge is 0.263 e. The fourth-order valence-corrected chi connectivity index (χ4v) is 3.32. The average molecular weight is 425 g/mol. The van der Waals surface area contributed by atoms with Gasteiger partial charge in [-0.1, -0.05) is 24.0 Å². The maximum absolute atomic E-state index is 11.6. The van der Waals surface area contributed by atoms with E-state index >= 15 is 0 Å². The van der Waals surface area contributed by atoms with Gasteiger partial charge in [0.2, 0.25) is 0 Å². The summed E-state index contributed by atoms with van der Waals surface area (Å²) in [5.41, 5.74) is 0.452. The highest BCUT2D eigenvalue weighted by atomic mass is 79.9. The summed E-state index contributed by atoms with van der Waals surface area (Å²) >= 11 is 12.8. The molecular formula is C11H7Br2NO3S2. The van der Waals surface area contributed by atoms with Crippen molar-refractivity contribution in [1.82, 2.24) is 5.32 Å². The topological polar surface area (TPSA) is 58.6 Å². The van der Waals surface area contributed by atoms with Crippen LogP contribution in [0.2, 0.25) is 0 Å². The number of thioether (sulfide) groups is 1. The third kappa shape index (κ3) is 2.96. The van der Waals surface area contributed by atoms with Gasteiger partial charge >= 0.3 is 0 Å². The first-order valence-electron chi connectivity index (χ1n) is 4.94. The van der Waals surface area contributed by atoms with E-state index in [4.69, 9.17) is 17.0 Å². The van der Waals surface area contributed by atoms with Gasteiger partial charge in [-0.05, 0) is 44.0 Å². The SMILES string of the molecule is COc1cc(Br)c(Br)c(/C=C2/SC(=S)NC2=O)c1O. The van der Waals surface area contributed by atoms with Gasteiger partial charge in [-0.3, -0.25) is 4.79 Å². The highest BCUT2D eigenvalue weighted by Crippen LogP contribution is 2.42. The molecular weight excluding hydrogens is 418 g/mol. The number of amides is 1. The third-order valence-electron chi connectivity index (χ3n) is 2.33. The Balaban J connectivity index is 2.57. The van der Waals surface area contributed by atoms with Crippen LogP contribution in [0.3, 0.4) is 0 Å². The number of halogens is 2. The van der Waals surface area contributed by atoms with E-state index in [1.165, 1.54) is 7.11 Å². The zero-order valence-corrected chi connectivity index (χ0v) is 14.3. The van der Waals surface area contributed by atoms with Crippen LogP contribution in [0.15, 0.2) is 19.9 Å². The Morgan fingerprint density at radius 2 is 2.21 bits per heavy atom. The van der Waals surface area contributed by atoms with E-state index in [1.807, 2.05) is 0 Å². The van der Waals surface area contributed by atoms with Gasteiger partial charge in [0.1, 0.15) is 4.32 Å². The lowest BCUT2D eigenvalue weighted by atomic mass is 10.1. The standard InChI is InChI=1S/C11H7Br2NO3S2/c1-17-6-3-5(12)8(13)4(9(6)15)2-7-10(16)14-11(18)19-7/h2-3,15H,1H3,(H,14,16,18)/b7-2+. The molecule has 2 rings (SSSR count). The fourth-order valence-electron chi connectivity index (χ4n) is 1.45. The first kappa shape index (κ1) is 14.8. The molecule has 0 spiro atoms. The van der Waals surface area contributed by atoms with Gasteiger partial charge < -0.3 is 15.2 Å². The quantitative estimate of drug-likeness (QED) is 0.562. The monoisotopic (exact) mass is 423 g/mol. The summed E-state index contributed by atoms with van der Waals surface area (Å²) in [4.78, 5) is 12.0. The molecule has 100 valence electrons. The molecule has 8 heteroatoms. The highest BCUT2D eigenvalue weighted by Gasteiger charge is 2.24. The van der Waals surface area contributed by atoms with Crippen molar-refractivity contribution in [3.63, 3.8) is 0 Å². The van der Waals surface area contributed by atoms with Crippen molar-refractivity contribution < 1.29 is 14.6 Å². The first-order chi connectivity index (χ1) is 8.93. The molecule has 0 saturated carbocycles. The lowest BCUT2D eigenvalue weighted by Crippen LogP contribution is -2.17. The molecule has 1 aliphatic heterocycles. The zero-order chi connectivity index (χ0) is 14.2. The Morgan fingerprint density at radius 1 is 1.53 bits per heavy atom. The minimum absolute atomic E-state index is 0.0451. The van der Waals surface area contributed by atoms with Crippen molar-refractivity contribution >= 4 is 72.1 Å². The molecule has 19 heavy (non-hydrogen) atoms.